The highest BCUT2D eigenvalue weighted by Crippen LogP contribution is 2.23. The third-order valence-electron chi connectivity index (χ3n) is 3.92. The van der Waals surface area contributed by atoms with Crippen molar-refractivity contribution < 1.29 is 4.79 Å². The van der Waals surface area contributed by atoms with Gasteiger partial charge in [-0.1, -0.05) is 42.5 Å². The van der Waals surface area contributed by atoms with Crippen LogP contribution in [0.5, 0.6) is 0 Å². The smallest absolute Gasteiger partial charge is 0.167 e. The molecule has 0 aliphatic carbocycles. The van der Waals surface area contributed by atoms with Crippen LogP contribution in [0.1, 0.15) is 27.0 Å². The summed E-state index contributed by atoms with van der Waals surface area (Å²) in [5, 5.41) is 26.2. The molecule has 0 saturated carbocycles. The first-order chi connectivity index (χ1) is 13.2. The van der Waals surface area contributed by atoms with Gasteiger partial charge in [0.05, 0.1) is 22.9 Å². The van der Waals surface area contributed by atoms with Gasteiger partial charge in [-0.3, -0.25) is 4.79 Å². The average molecular weight is 350 g/mol. The molecule has 0 radical (unpaired) electrons. The van der Waals surface area contributed by atoms with E-state index >= 15 is 0 Å². The lowest BCUT2D eigenvalue weighted by Crippen LogP contribution is -2.02. The fourth-order valence-electron chi connectivity index (χ4n) is 2.49. The number of benzene rings is 3. The maximum absolute atomic E-state index is 12.2. The van der Waals surface area contributed by atoms with E-state index in [9.17, 15) is 4.79 Å². The third-order valence-corrected chi connectivity index (χ3v) is 3.92. The Kier molecular flexibility index (Phi) is 5.47. The Labute approximate surface area is 156 Å². The highest BCUT2D eigenvalue weighted by atomic mass is 16.1. The van der Waals surface area contributed by atoms with E-state index in [-0.39, 0.29) is 5.78 Å². The number of hydrogen-bond donors (Lipinski definition) is 0. The zero-order chi connectivity index (χ0) is 19.1. The molecule has 0 heterocycles. The normalized spacial score (nSPS) is 10.3. The van der Waals surface area contributed by atoms with Crippen molar-refractivity contribution in [3.8, 4) is 12.1 Å². The molecular formula is C22H14N4O. The van der Waals surface area contributed by atoms with Crippen molar-refractivity contribution in [3.63, 3.8) is 0 Å². The summed E-state index contributed by atoms with van der Waals surface area (Å²) in [6.45, 7) is 0. The van der Waals surface area contributed by atoms with Crippen LogP contribution in [0.15, 0.2) is 83.0 Å². The number of hydrogen-bond acceptors (Lipinski definition) is 5. The van der Waals surface area contributed by atoms with Gasteiger partial charge in [0.2, 0.25) is 0 Å². The van der Waals surface area contributed by atoms with E-state index in [1.165, 1.54) is 6.07 Å². The van der Waals surface area contributed by atoms with Crippen LogP contribution >= 0.6 is 0 Å². The fraction of sp³-hybridized carbons (Fsp3) is 0.0455. The van der Waals surface area contributed by atoms with E-state index in [0.717, 1.165) is 5.56 Å². The van der Waals surface area contributed by atoms with Gasteiger partial charge in [0, 0.05) is 12.0 Å². The maximum Gasteiger partial charge on any atom is 0.167 e. The van der Waals surface area contributed by atoms with Crippen LogP contribution in [-0.2, 0) is 6.42 Å². The summed E-state index contributed by atoms with van der Waals surface area (Å²) in [7, 11) is 0. The molecule has 0 aliphatic rings. The molecule has 0 fully saturated rings. The molecule has 5 heteroatoms. The van der Waals surface area contributed by atoms with Crippen molar-refractivity contribution in [1.29, 1.82) is 10.5 Å². The summed E-state index contributed by atoms with van der Waals surface area (Å²) in [5.74, 6) is 0.0567. The Morgan fingerprint density at radius 3 is 2.26 bits per heavy atom. The van der Waals surface area contributed by atoms with Crippen molar-refractivity contribution in [2.45, 2.75) is 6.42 Å². The van der Waals surface area contributed by atoms with Crippen LogP contribution in [0.25, 0.3) is 0 Å². The van der Waals surface area contributed by atoms with E-state index in [4.69, 9.17) is 10.5 Å². The standard InChI is InChI=1S/C22H14N4O/c23-14-17-8-11-21(19(12-17)15-24)26-25-20-9-6-16(7-10-20)13-22(27)18-4-2-1-3-5-18/h1-12H,13H2. The lowest BCUT2D eigenvalue weighted by Gasteiger charge is -2.02. The van der Waals surface area contributed by atoms with Crippen LogP contribution in [0, 0.1) is 22.7 Å². The molecule has 3 rings (SSSR count). The lowest BCUT2D eigenvalue weighted by molar-refractivity contribution is 0.0993. The molecule has 0 amide bonds. The number of carbonyl (C=O) groups is 1. The van der Waals surface area contributed by atoms with Crippen LogP contribution in [-0.4, -0.2) is 5.78 Å². The quantitative estimate of drug-likeness (QED) is 0.463. The van der Waals surface area contributed by atoms with Gasteiger partial charge in [-0.25, -0.2) is 0 Å². The molecule has 3 aromatic carbocycles. The predicted molar refractivity (Wildman–Crippen MR) is 101 cm³/mol. The van der Waals surface area contributed by atoms with Crippen molar-refractivity contribution in [1.82, 2.24) is 0 Å². The number of nitrogens with zero attached hydrogens (tertiary/aromatic N) is 4. The lowest BCUT2D eigenvalue weighted by atomic mass is 10.0. The molecule has 0 unspecified atom stereocenters. The SMILES string of the molecule is N#Cc1ccc(N=Nc2ccc(CC(=O)c3ccccc3)cc2)c(C#N)c1. The highest BCUT2D eigenvalue weighted by Gasteiger charge is 2.06. The Hall–Kier alpha value is -4.09. The van der Waals surface area contributed by atoms with Crippen molar-refractivity contribution in [2.75, 3.05) is 0 Å². The summed E-state index contributed by atoms with van der Waals surface area (Å²) in [5.41, 5.74) is 3.28. The first-order valence-electron chi connectivity index (χ1n) is 8.23. The number of carbonyl (C=O) groups excluding carboxylic acids is 1. The third kappa shape index (κ3) is 4.50. The van der Waals surface area contributed by atoms with Crippen molar-refractivity contribution >= 4 is 17.2 Å². The van der Waals surface area contributed by atoms with Gasteiger partial charge in [0.15, 0.2) is 5.78 Å². The van der Waals surface area contributed by atoms with Gasteiger partial charge in [-0.05, 0) is 35.9 Å². The molecule has 0 aromatic heterocycles. The largest absolute Gasteiger partial charge is 0.294 e. The highest BCUT2D eigenvalue weighted by molar-refractivity contribution is 5.97. The predicted octanol–water partition coefficient (Wildman–Crippen LogP) is 5.27. The molecule has 128 valence electrons. The van der Waals surface area contributed by atoms with E-state index in [1.807, 2.05) is 42.5 Å². The van der Waals surface area contributed by atoms with Gasteiger partial charge in [0.25, 0.3) is 0 Å². The Bertz CT molecular complexity index is 1070. The van der Waals surface area contributed by atoms with Gasteiger partial charge in [-0.15, -0.1) is 5.11 Å². The van der Waals surface area contributed by atoms with E-state index in [0.29, 0.717) is 34.5 Å². The molecule has 0 N–H and O–H groups in total. The zero-order valence-electron chi connectivity index (χ0n) is 14.3. The summed E-state index contributed by atoms with van der Waals surface area (Å²) in [4.78, 5) is 12.2. The van der Waals surface area contributed by atoms with E-state index in [2.05, 4.69) is 10.2 Å². The molecule has 0 saturated heterocycles. The Morgan fingerprint density at radius 2 is 1.59 bits per heavy atom. The zero-order valence-corrected chi connectivity index (χ0v) is 14.3. The monoisotopic (exact) mass is 350 g/mol. The molecule has 0 spiro atoms. The second-order valence-corrected chi connectivity index (χ2v) is 5.79. The number of nitriles is 2. The minimum Gasteiger partial charge on any atom is -0.294 e. The second-order valence-electron chi connectivity index (χ2n) is 5.79. The fourth-order valence-corrected chi connectivity index (χ4v) is 2.49. The Balaban J connectivity index is 1.71. The molecule has 5 nitrogen and oxygen atoms in total. The molecule has 0 bridgehead atoms. The van der Waals surface area contributed by atoms with Gasteiger partial charge >= 0.3 is 0 Å². The first kappa shape index (κ1) is 17.7. The minimum absolute atomic E-state index is 0.0567. The summed E-state index contributed by atoms with van der Waals surface area (Å²) >= 11 is 0. The van der Waals surface area contributed by atoms with E-state index in [1.54, 1.807) is 36.4 Å². The molecule has 3 aromatic rings. The van der Waals surface area contributed by atoms with Crippen LogP contribution < -0.4 is 0 Å². The van der Waals surface area contributed by atoms with Crippen molar-refractivity contribution in [2.24, 2.45) is 10.2 Å². The minimum atomic E-state index is 0.0567. The van der Waals surface area contributed by atoms with E-state index < -0.39 is 0 Å². The molecular weight excluding hydrogens is 336 g/mol. The van der Waals surface area contributed by atoms with Crippen LogP contribution in [0.3, 0.4) is 0 Å². The molecule has 0 aliphatic heterocycles. The number of azo groups is 1. The topological polar surface area (TPSA) is 89.4 Å². The summed E-state index contributed by atoms with van der Waals surface area (Å²) < 4.78 is 0. The molecule has 27 heavy (non-hydrogen) atoms. The number of ketones is 1. The molecule has 0 atom stereocenters. The Morgan fingerprint density at radius 1 is 0.852 bits per heavy atom. The van der Waals surface area contributed by atoms with Crippen LogP contribution in [0.4, 0.5) is 11.4 Å². The number of rotatable bonds is 5. The van der Waals surface area contributed by atoms with Gasteiger partial charge in [0.1, 0.15) is 11.8 Å². The maximum atomic E-state index is 12.2. The first-order valence-corrected chi connectivity index (χ1v) is 8.23. The second kappa shape index (κ2) is 8.33. The van der Waals surface area contributed by atoms with Gasteiger partial charge < -0.3 is 0 Å². The van der Waals surface area contributed by atoms with Crippen LogP contribution in [0.2, 0.25) is 0 Å². The van der Waals surface area contributed by atoms with Crippen molar-refractivity contribution in [3.05, 3.63) is 95.1 Å². The average Bonchev–Trinajstić information content (AvgIpc) is 2.73. The summed E-state index contributed by atoms with van der Waals surface area (Å²) in [6.07, 6.45) is 0.315. The number of Topliss-reactive ketones (excluding diaryl/α,β-unsaturated/α-hetero) is 1. The summed E-state index contributed by atoms with van der Waals surface area (Å²) in [6, 6.07) is 25.0. The van der Waals surface area contributed by atoms with Gasteiger partial charge in [-0.2, -0.15) is 15.6 Å².